The first kappa shape index (κ1) is 16.7. The van der Waals surface area contributed by atoms with Gasteiger partial charge in [-0.25, -0.2) is 9.97 Å². The van der Waals surface area contributed by atoms with E-state index in [4.69, 9.17) is 0 Å². The lowest BCUT2D eigenvalue weighted by molar-refractivity contribution is 0.199. The van der Waals surface area contributed by atoms with Gasteiger partial charge in [-0.05, 0) is 31.5 Å². The summed E-state index contributed by atoms with van der Waals surface area (Å²) in [5, 5.41) is 0. The van der Waals surface area contributed by atoms with E-state index in [0.29, 0.717) is 5.92 Å². The Balaban J connectivity index is 1.36. The van der Waals surface area contributed by atoms with Crippen molar-refractivity contribution in [2.24, 2.45) is 0 Å². The molecular formula is C20H23N5O. The second kappa shape index (κ2) is 7.66. The molecule has 0 aliphatic carbocycles. The predicted molar refractivity (Wildman–Crippen MR) is 99.9 cm³/mol. The van der Waals surface area contributed by atoms with E-state index in [0.717, 1.165) is 44.7 Å². The Bertz CT molecular complexity index is 894. The van der Waals surface area contributed by atoms with Crippen LogP contribution in [0.3, 0.4) is 0 Å². The summed E-state index contributed by atoms with van der Waals surface area (Å²) in [4.78, 5) is 25.2. The summed E-state index contributed by atoms with van der Waals surface area (Å²) < 4.78 is 2.22. The molecule has 6 heteroatoms. The molecule has 0 amide bonds. The molecular weight excluding hydrogens is 326 g/mol. The molecule has 0 bridgehead atoms. The first-order chi connectivity index (χ1) is 12.8. The van der Waals surface area contributed by atoms with Gasteiger partial charge in [-0.3, -0.25) is 9.69 Å². The summed E-state index contributed by atoms with van der Waals surface area (Å²) in [6.07, 6.45) is 7.45. The zero-order chi connectivity index (χ0) is 17.8. The first-order valence-electron chi connectivity index (χ1n) is 9.08. The second-order valence-corrected chi connectivity index (χ2v) is 6.88. The number of hydrogen-bond acceptors (Lipinski definition) is 4. The highest BCUT2D eigenvalue weighted by molar-refractivity contribution is 5.16. The number of hydrogen-bond donors (Lipinski definition) is 1. The number of nitrogens with zero attached hydrogens (tertiary/aromatic N) is 4. The van der Waals surface area contributed by atoms with E-state index in [2.05, 4.69) is 48.7 Å². The van der Waals surface area contributed by atoms with Crippen LogP contribution in [0.4, 0.5) is 0 Å². The van der Waals surface area contributed by atoms with Crippen LogP contribution in [-0.4, -0.2) is 37.5 Å². The van der Waals surface area contributed by atoms with Crippen molar-refractivity contribution >= 4 is 0 Å². The maximum atomic E-state index is 11.5. The van der Waals surface area contributed by atoms with Crippen LogP contribution < -0.4 is 5.56 Å². The number of imidazole rings is 1. The Hall–Kier alpha value is -2.73. The summed E-state index contributed by atoms with van der Waals surface area (Å²) in [6.45, 7) is 3.77. The number of aromatic amines is 1. The number of aromatic nitrogens is 4. The Labute approximate surface area is 152 Å². The monoisotopic (exact) mass is 349 g/mol. The molecule has 2 aromatic heterocycles. The predicted octanol–water partition coefficient (Wildman–Crippen LogP) is 2.39. The average molecular weight is 349 g/mol. The van der Waals surface area contributed by atoms with Crippen LogP contribution in [0.2, 0.25) is 0 Å². The van der Waals surface area contributed by atoms with Crippen molar-refractivity contribution in [2.75, 3.05) is 13.1 Å². The van der Waals surface area contributed by atoms with Gasteiger partial charge in [0.15, 0.2) is 0 Å². The quantitative estimate of drug-likeness (QED) is 0.768. The minimum absolute atomic E-state index is 0.0674. The SMILES string of the molecule is O=c1cc(C2CCN(Cc3cncn3Cc3ccccc3)CC2)nc[nH]1. The van der Waals surface area contributed by atoms with Gasteiger partial charge < -0.3 is 9.55 Å². The molecule has 0 spiro atoms. The molecule has 0 unspecified atom stereocenters. The standard InChI is InChI=1S/C20H23N5O/c26-20-10-19(22-14-23-20)17-6-8-24(9-7-17)13-18-11-21-15-25(18)12-16-4-2-1-3-5-16/h1-5,10-11,14-15,17H,6-9,12-13H2,(H,22,23,26). The Morgan fingerprint density at radius 3 is 2.69 bits per heavy atom. The molecule has 0 atom stereocenters. The highest BCUT2D eigenvalue weighted by Gasteiger charge is 2.22. The lowest BCUT2D eigenvalue weighted by Gasteiger charge is -2.31. The molecule has 1 aliphatic heterocycles. The molecule has 1 N–H and O–H groups in total. The third-order valence-electron chi connectivity index (χ3n) is 5.09. The fourth-order valence-corrected chi connectivity index (χ4v) is 3.63. The van der Waals surface area contributed by atoms with Crippen LogP contribution in [0.15, 0.2) is 60.0 Å². The van der Waals surface area contributed by atoms with Gasteiger partial charge in [-0.1, -0.05) is 30.3 Å². The van der Waals surface area contributed by atoms with Crippen molar-refractivity contribution in [1.82, 2.24) is 24.4 Å². The van der Waals surface area contributed by atoms with Crippen LogP contribution >= 0.6 is 0 Å². The summed E-state index contributed by atoms with van der Waals surface area (Å²) in [7, 11) is 0. The van der Waals surface area contributed by atoms with E-state index in [9.17, 15) is 4.79 Å². The molecule has 3 aromatic rings. The summed E-state index contributed by atoms with van der Waals surface area (Å²) in [5.41, 5.74) is 3.37. The van der Waals surface area contributed by atoms with Crippen LogP contribution in [0, 0.1) is 0 Å². The molecule has 26 heavy (non-hydrogen) atoms. The van der Waals surface area contributed by atoms with Gasteiger partial charge in [0.05, 0.1) is 24.0 Å². The van der Waals surface area contributed by atoms with Gasteiger partial charge in [0.1, 0.15) is 0 Å². The van der Waals surface area contributed by atoms with Crippen molar-refractivity contribution < 1.29 is 0 Å². The largest absolute Gasteiger partial charge is 0.329 e. The van der Waals surface area contributed by atoms with Crippen molar-refractivity contribution in [3.63, 3.8) is 0 Å². The van der Waals surface area contributed by atoms with E-state index in [-0.39, 0.29) is 5.56 Å². The average Bonchev–Trinajstić information content (AvgIpc) is 3.10. The van der Waals surface area contributed by atoms with Crippen LogP contribution in [0.1, 0.15) is 35.7 Å². The summed E-state index contributed by atoms with van der Waals surface area (Å²) >= 11 is 0. The van der Waals surface area contributed by atoms with Gasteiger partial charge >= 0.3 is 0 Å². The van der Waals surface area contributed by atoms with E-state index in [1.807, 2.05) is 18.6 Å². The van der Waals surface area contributed by atoms with E-state index in [1.54, 1.807) is 6.07 Å². The van der Waals surface area contributed by atoms with Crippen LogP contribution in [0.25, 0.3) is 0 Å². The summed E-state index contributed by atoms with van der Waals surface area (Å²) in [5.74, 6) is 0.378. The minimum atomic E-state index is -0.0674. The van der Waals surface area contributed by atoms with E-state index >= 15 is 0 Å². The van der Waals surface area contributed by atoms with Crippen LogP contribution in [0.5, 0.6) is 0 Å². The first-order valence-corrected chi connectivity index (χ1v) is 9.08. The van der Waals surface area contributed by atoms with E-state index in [1.165, 1.54) is 17.6 Å². The Kier molecular flexibility index (Phi) is 4.93. The topological polar surface area (TPSA) is 66.8 Å². The smallest absolute Gasteiger partial charge is 0.250 e. The molecule has 1 fully saturated rings. The molecule has 1 saturated heterocycles. The third kappa shape index (κ3) is 3.91. The van der Waals surface area contributed by atoms with E-state index < -0.39 is 0 Å². The van der Waals surface area contributed by atoms with Crippen LogP contribution in [-0.2, 0) is 13.1 Å². The zero-order valence-electron chi connectivity index (χ0n) is 14.7. The fraction of sp³-hybridized carbons (Fsp3) is 0.350. The summed E-state index contributed by atoms with van der Waals surface area (Å²) in [6, 6.07) is 12.1. The lowest BCUT2D eigenvalue weighted by Crippen LogP contribution is -2.33. The number of benzene rings is 1. The molecule has 0 saturated carbocycles. The van der Waals surface area contributed by atoms with Gasteiger partial charge in [-0.15, -0.1) is 0 Å². The molecule has 6 nitrogen and oxygen atoms in total. The highest BCUT2D eigenvalue weighted by Crippen LogP contribution is 2.26. The maximum absolute atomic E-state index is 11.5. The minimum Gasteiger partial charge on any atom is -0.329 e. The number of H-pyrrole nitrogens is 1. The van der Waals surface area contributed by atoms with Gasteiger partial charge in [0, 0.05) is 31.3 Å². The molecule has 1 aliphatic rings. The molecule has 4 rings (SSSR count). The number of nitrogens with one attached hydrogen (secondary N) is 1. The molecule has 1 aromatic carbocycles. The normalized spacial score (nSPS) is 16.0. The second-order valence-electron chi connectivity index (χ2n) is 6.88. The fourth-order valence-electron chi connectivity index (χ4n) is 3.63. The maximum Gasteiger partial charge on any atom is 0.250 e. The van der Waals surface area contributed by atoms with Crippen molar-refractivity contribution in [2.45, 2.75) is 31.8 Å². The van der Waals surface area contributed by atoms with Gasteiger partial charge in [0.2, 0.25) is 0 Å². The zero-order valence-corrected chi connectivity index (χ0v) is 14.7. The van der Waals surface area contributed by atoms with Gasteiger partial charge in [0.25, 0.3) is 5.56 Å². The highest BCUT2D eigenvalue weighted by atomic mass is 16.1. The number of likely N-dealkylation sites (tertiary alicyclic amines) is 1. The number of piperidine rings is 1. The lowest BCUT2D eigenvalue weighted by atomic mass is 9.93. The molecule has 134 valence electrons. The molecule has 3 heterocycles. The Morgan fingerprint density at radius 2 is 1.92 bits per heavy atom. The van der Waals surface area contributed by atoms with Gasteiger partial charge in [-0.2, -0.15) is 0 Å². The molecule has 0 radical (unpaired) electrons. The Morgan fingerprint density at radius 1 is 1.12 bits per heavy atom. The van der Waals surface area contributed by atoms with Crippen molar-refractivity contribution in [1.29, 1.82) is 0 Å². The van der Waals surface area contributed by atoms with Crippen molar-refractivity contribution in [3.05, 3.63) is 82.6 Å². The third-order valence-corrected chi connectivity index (χ3v) is 5.09. The number of rotatable bonds is 5. The van der Waals surface area contributed by atoms with Crippen molar-refractivity contribution in [3.8, 4) is 0 Å².